The first-order valence-electron chi connectivity index (χ1n) is 17.1. The molecule has 2 amide bonds. The number of hydrogen-bond acceptors (Lipinski definition) is 9. The summed E-state index contributed by atoms with van der Waals surface area (Å²) >= 11 is 7.04. The van der Waals surface area contributed by atoms with E-state index in [1.54, 1.807) is 23.5 Å². The fourth-order valence-electron chi connectivity index (χ4n) is 6.72. The summed E-state index contributed by atoms with van der Waals surface area (Å²) in [5.74, 6) is -0.0416. The van der Waals surface area contributed by atoms with Crippen LogP contribution in [0.3, 0.4) is 0 Å². The zero-order valence-electron chi connectivity index (χ0n) is 28.8. The van der Waals surface area contributed by atoms with Crippen LogP contribution in [0.1, 0.15) is 36.0 Å². The van der Waals surface area contributed by atoms with Crippen LogP contribution in [-0.4, -0.2) is 64.1 Å². The molecular weight excluding hydrogens is 687 g/mol. The second-order valence-electron chi connectivity index (χ2n) is 13.0. The molecule has 5 aromatic rings. The van der Waals surface area contributed by atoms with E-state index >= 15 is 4.39 Å². The van der Waals surface area contributed by atoms with Crippen molar-refractivity contribution in [2.75, 3.05) is 26.9 Å². The molecule has 0 unspecified atom stereocenters. The quantitative estimate of drug-likeness (QED) is 0.148. The molecule has 0 radical (unpaired) electrons. The molecule has 0 spiro atoms. The van der Waals surface area contributed by atoms with E-state index < -0.39 is 5.82 Å². The maximum atomic E-state index is 15.3. The number of hydrazine groups is 1. The van der Waals surface area contributed by atoms with Gasteiger partial charge in [0.05, 0.1) is 24.5 Å². The Kier molecular flexibility index (Phi) is 10.3. The second kappa shape index (κ2) is 15.2. The van der Waals surface area contributed by atoms with Gasteiger partial charge in [-0.15, -0.1) is 0 Å². The van der Waals surface area contributed by atoms with Crippen LogP contribution in [0.5, 0.6) is 5.88 Å². The molecule has 3 aromatic heterocycles. The Balaban J connectivity index is 1.12. The summed E-state index contributed by atoms with van der Waals surface area (Å²) in [6, 6.07) is 16.0. The fraction of sp³-hybridized carbons (Fsp3) is 0.289. The predicted octanol–water partition coefficient (Wildman–Crippen LogP) is 4.35. The first-order valence-corrected chi connectivity index (χ1v) is 17.5. The standard InChI is InChI=1S/C38H38ClFN8O4/c1-22-28(23-10-13-48-33(14-23)43-19-25(38(48)51)18-41-20-27-7-9-34(49)44-27)4-3-5-29(22)30-15-26(40)16-31(36(30)39)32-8-6-24(37(45-32)52-2)17-42-21-47-12-11-35(50)46-47/h3-6,8,10,13-16,19,27,41-42H,7,9,11-12,17-18,20-21H2,1-2H3,(H,44,49)(H,46,50)/t27-/m0/s1. The van der Waals surface area contributed by atoms with Crippen molar-refractivity contribution in [3.05, 3.63) is 105 Å². The predicted molar refractivity (Wildman–Crippen MR) is 196 cm³/mol. The number of rotatable bonds is 12. The van der Waals surface area contributed by atoms with Crippen LogP contribution in [-0.2, 0) is 22.7 Å². The number of hydrogen-bond donors (Lipinski definition) is 4. The van der Waals surface area contributed by atoms with Crippen molar-refractivity contribution in [2.45, 2.75) is 45.3 Å². The number of nitrogens with zero attached hydrogens (tertiary/aromatic N) is 4. The van der Waals surface area contributed by atoms with Gasteiger partial charge in [0, 0.05) is 79.7 Å². The first-order chi connectivity index (χ1) is 25.2. The summed E-state index contributed by atoms with van der Waals surface area (Å²) in [4.78, 5) is 45.5. The summed E-state index contributed by atoms with van der Waals surface area (Å²) in [6.45, 7) is 4.41. The fourth-order valence-corrected chi connectivity index (χ4v) is 7.03. The smallest absolute Gasteiger partial charge is 0.262 e. The molecule has 14 heteroatoms. The molecule has 0 aliphatic carbocycles. The Morgan fingerprint density at radius 2 is 1.77 bits per heavy atom. The van der Waals surface area contributed by atoms with Gasteiger partial charge in [-0.3, -0.25) is 29.5 Å². The maximum Gasteiger partial charge on any atom is 0.262 e. The van der Waals surface area contributed by atoms with Gasteiger partial charge in [0.1, 0.15) is 11.5 Å². The number of carbonyl (C=O) groups is 2. The largest absolute Gasteiger partial charge is 0.481 e. The van der Waals surface area contributed by atoms with Gasteiger partial charge in [0.25, 0.3) is 5.56 Å². The van der Waals surface area contributed by atoms with Crippen molar-refractivity contribution in [1.82, 2.24) is 40.8 Å². The van der Waals surface area contributed by atoms with Gasteiger partial charge < -0.3 is 15.4 Å². The van der Waals surface area contributed by atoms with Gasteiger partial charge in [-0.2, -0.15) is 0 Å². The van der Waals surface area contributed by atoms with Crippen LogP contribution in [0.15, 0.2) is 71.8 Å². The zero-order chi connectivity index (χ0) is 36.4. The number of benzene rings is 2. The SMILES string of the molecule is COc1nc(-c2cc(F)cc(-c3cccc(-c4ccn5c(=O)c(CNC[C@@H]6CCC(=O)N6)cnc5c4)c3C)c2Cl)ccc1CNCN1CCC(=O)N1. The Labute approximate surface area is 304 Å². The average molecular weight is 725 g/mol. The van der Waals surface area contributed by atoms with Gasteiger partial charge in [-0.05, 0) is 65.9 Å². The molecule has 1 atom stereocenters. The highest BCUT2D eigenvalue weighted by atomic mass is 35.5. The second-order valence-corrected chi connectivity index (χ2v) is 13.3. The molecule has 0 saturated carbocycles. The summed E-state index contributed by atoms with van der Waals surface area (Å²) in [5, 5.41) is 11.6. The third-order valence-electron chi connectivity index (χ3n) is 9.46. The van der Waals surface area contributed by atoms with Gasteiger partial charge >= 0.3 is 0 Å². The number of aromatic nitrogens is 3. The number of fused-ring (bicyclic) bond motifs is 1. The highest BCUT2D eigenvalue weighted by Gasteiger charge is 2.22. The van der Waals surface area contributed by atoms with Crippen LogP contribution in [0.2, 0.25) is 5.02 Å². The van der Waals surface area contributed by atoms with E-state index in [1.807, 2.05) is 43.3 Å². The molecule has 2 aliphatic heterocycles. The Morgan fingerprint density at radius 1 is 0.962 bits per heavy atom. The molecule has 2 aromatic carbocycles. The molecular formula is C38H38ClFN8O4. The molecule has 5 heterocycles. The third kappa shape index (κ3) is 7.39. The van der Waals surface area contributed by atoms with Gasteiger partial charge in [0.2, 0.25) is 17.7 Å². The number of halogens is 2. The topological polar surface area (TPSA) is 142 Å². The number of methoxy groups -OCH3 is 1. The minimum absolute atomic E-state index is 0.00426. The van der Waals surface area contributed by atoms with Crippen LogP contribution < -0.4 is 31.7 Å². The molecule has 7 rings (SSSR count). The van der Waals surface area contributed by atoms with Crippen LogP contribution in [0.4, 0.5) is 4.39 Å². The molecule has 4 N–H and O–H groups in total. The van der Waals surface area contributed by atoms with Crippen molar-refractivity contribution in [1.29, 1.82) is 0 Å². The molecule has 268 valence electrons. The van der Waals surface area contributed by atoms with Crippen molar-refractivity contribution in [3.8, 4) is 39.4 Å². The summed E-state index contributed by atoms with van der Waals surface area (Å²) < 4.78 is 22.4. The van der Waals surface area contributed by atoms with E-state index in [1.165, 1.54) is 23.6 Å². The van der Waals surface area contributed by atoms with Crippen LogP contribution in [0, 0.1) is 12.7 Å². The zero-order valence-corrected chi connectivity index (χ0v) is 29.5. The van der Waals surface area contributed by atoms with Crippen molar-refractivity contribution in [2.24, 2.45) is 0 Å². The van der Waals surface area contributed by atoms with E-state index in [-0.39, 0.29) is 23.4 Å². The number of ether oxygens (including phenoxy) is 1. The van der Waals surface area contributed by atoms with E-state index in [0.29, 0.717) is 84.6 Å². The lowest BCUT2D eigenvalue weighted by Crippen LogP contribution is -2.40. The monoisotopic (exact) mass is 724 g/mol. The normalized spacial score (nSPS) is 16.0. The summed E-state index contributed by atoms with van der Waals surface area (Å²) in [7, 11) is 1.53. The van der Waals surface area contributed by atoms with E-state index in [2.05, 4.69) is 31.3 Å². The van der Waals surface area contributed by atoms with Gasteiger partial charge in [-0.1, -0.05) is 35.9 Å². The van der Waals surface area contributed by atoms with Crippen molar-refractivity contribution < 1.29 is 18.7 Å². The summed E-state index contributed by atoms with van der Waals surface area (Å²) in [6.07, 6.45) is 5.07. The lowest BCUT2D eigenvalue weighted by atomic mass is 9.92. The van der Waals surface area contributed by atoms with Gasteiger partial charge in [0.15, 0.2) is 0 Å². The minimum Gasteiger partial charge on any atom is -0.481 e. The van der Waals surface area contributed by atoms with Crippen molar-refractivity contribution >= 4 is 29.1 Å². The molecule has 2 saturated heterocycles. The van der Waals surface area contributed by atoms with E-state index in [9.17, 15) is 14.4 Å². The molecule has 12 nitrogen and oxygen atoms in total. The van der Waals surface area contributed by atoms with Crippen LogP contribution in [0.25, 0.3) is 39.2 Å². The Hall–Kier alpha value is -5.21. The number of amides is 2. The number of carbonyl (C=O) groups excluding carboxylic acids is 2. The highest BCUT2D eigenvalue weighted by molar-refractivity contribution is 6.36. The van der Waals surface area contributed by atoms with Crippen molar-refractivity contribution in [3.63, 3.8) is 0 Å². The Morgan fingerprint density at radius 3 is 2.54 bits per heavy atom. The van der Waals surface area contributed by atoms with E-state index in [0.717, 1.165) is 34.2 Å². The third-order valence-corrected chi connectivity index (χ3v) is 9.87. The van der Waals surface area contributed by atoms with E-state index in [4.69, 9.17) is 16.3 Å². The molecule has 52 heavy (non-hydrogen) atoms. The lowest BCUT2D eigenvalue weighted by molar-refractivity contribution is -0.121. The number of nitrogens with one attached hydrogen (secondary N) is 4. The lowest BCUT2D eigenvalue weighted by Gasteiger charge is -2.17. The minimum atomic E-state index is -0.467. The average Bonchev–Trinajstić information content (AvgIpc) is 3.76. The van der Waals surface area contributed by atoms with Crippen LogP contribution >= 0.6 is 11.6 Å². The molecule has 0 bridgehead atoms. The first kappa shape index (κ1) is 35.2. The summed E-state index contributed by atoms with van der Waals surface area (Å²) in [5.41, 5.74) is 9.15. The highest BCUT2D eigenvalue weighted by Crippen LogP contribution is 2.41. The van der Waals surface area contributed by atoms with Gasteiger partial charge in [-0.25, -0.2) is 19.4 Å². The maximum absolute atomic E-state index is 15.3. The molecule has 2 aliphatic rings. The Bertz CT molecular complexity index is 2250. The molecule has 2 fully saturated rings. The number of pyridine rings is 2.